The number of nitrogens with zero attached hydrogens (tertiary/aromatic N) is 5. The van der Waals surface area contributed by atoms with Crippen molar-refractivity contribution in [1.29, 1.82) is 0 Å². The molecule has 0 saturated carbocycles. The van der Waals surface area contributed by atoms with Crippen LogP contribution in [-0.4, -0.2) is 55.1 Å². The molecule has 4 rings (SSSR count). The predicted molar refractivity (Wildman–Crippen MR) is 112 cm³/mol. The molecular formula is C22H25N5. The topological polar surface area (TPSA) is 35.5 Å². The molecule has 0 unspecified atom stereocenters. The maximum Gasteiger partial charge on any atom is 0.232 e. The third kappa shape index (κ3) is 3.93. The minimum atomic E-state index is 0.719. The summed E-state index contributed by atoms with van der Waals surface area (Å²) in [5, 5.41) is 0. The molecule has 0 radical (unpaired) electrons. The van der Waals surface area contributed by atoms with Crippen molar-refractivity contribution in [3.8, 4) is 11.3 Å². The van der Waals surface area contributed by atoms with E-state index in [4.69, 9.17) is 9.97 Å². The molecule has 0 atom stereocenters. The number of anilines is 3. The Balaban J connectivity index is 1.75. The zero-order valence-corrected chi connectivity index (χ0v) is 15.9. The first-order valence-corrected chi connectivity index (χ1v) is 9.37. The first-order chi connectivity index (χ1) is 13.2. The SMILES string of the molecule is CN1CCN(c2cc(-c3ccccc3)nc(N(C)c3ccccc3)n2)CC1. The van der Waals surface area contributed by atoms with Gasteiger partial charge in [-0.2, -0.15) is 4.98 Å². The van der Waals surface area contributed by atoms with Crippen LogP contribution in [-0.2, 0) is 0 Å². The normalized spacial score (nSPS) is 15.0. The summed E-state index contributed by atoms with van der Waals surface area (Å²) >= 11 is 0. The van der Waals surface area contributed by atoms with Crippen molar-refractivity contribution in [3.05, 3.63) is 66.7 Å². The van der Waals surface area contributed by atoms with Gasteiger partial charge in [-0.25, -0.2) is 4.98 Å². The standard InChI is InChI=1S/C22H25N5/c1-25-13-15-27(16-14-25)21-17-20(18-9-5-3-6-10-18)23-22(24-21)26(2)19-11-7-4-8-12-19/h3-12,17H,13-16H2,1-2H3. The van der Waals surface area contributed by atoms with E-state index in [2.05, 4.69) is 47.2 Å². The van der Waals surface area contributed by atoms with E-state index in [1.165, 1.54) is 0 Å². The Morgan fingerprint density at radius 3 is 2.11 bits per heavy atom. The summed E-state index contributed by atoms with van der Waals surface area (Å²) in [5.41, 5.74) is 3.14. The summed E-state index contributed by atoms with van der Waals surface area (Å²) in [4.78, 5) is 16.5. The van der Waals surface area contributed by atoms with Gasteiger partial charge in [0.25, 0.3) is 0 Å². The smallest absolute Gasteiger partial charge is 0.232 e. The lowest BCUT2D eigenvalue weighted by molar-refractivity contribution is 0.312. The van der Waals surface area contributed by atoms with Crippen LogP contribution in [0.25, 0.3) is 11.3 Å². The highest BCUT2D eigenvalue weighted by Gasteiger charge is 2.19. The van der Waals surface area contributed by atoms with Crippen molar-refractivity contribution in [2.75, 3.05) is 50.1 Å². The second kappa shape index (κ2) is 7.76. The zero-order valence-electron chi connectivity index (χ0n) is 15.9. The third-order valence-corrected chi connectivity index (χ3v) is 5.04. The van der Waals surface area contributed by atoms with Crippen LogP contribution in [0.1, 0.15) is 0 Å². The first-order valence-electron chi connectivity index (χ1n) is 9.37. The summed E-state index contributed by atoms with van der Waals surface area (Å²) in [6.07, 6.45) is 0. The highest BCUT2D eigenvalue weighted by Crippen LogP contribution is 2.28. The molecule has 5 heteroatoms. The molecule has 1 aliphatic rings. The Morgan fingerprint density at radius 1 is 0.815 bits per heavy atom. The maximum atomic E-state index is 4.91. The minimum Gasteiger partial charge on any atom is -0.354 e. The molecule has 138 valence electrons. The van der Waals surface area contributed by atoms with Crippen LogP contribution in [0.2, 0.25) is 0 Å². The van der Waals surface area contributed by atoms with Crippen molar-refractivity contribution in [2.24, 2.45) is 0 Å². The van der Waals surface area contributed by atoms with E-state index < -0.39 is 0 Å². The second-order valence-corrected chi connectivity index (χ2v) is 6.96. The van der Waals surface area contributed by atoms with E-state index >= 15 is 0 Å². The van der Waals surface area contributed by atoms with Gasteiger partial charge in [0.2, 0.25) is 5.95 Å². The average Bonchev–Trinajstić information content (AvgIpc) is 2.74. The highest BCUT2D eigenvalue weighted by molar-refractivity contribution is 5.67. The molecule has 1 fully saturated rings. The van der Waals surface area contributed by atoms with E-state index in [1.807, 2.05) is 48.3 Å². The summed E-state index contributed by atoms with van der Waals surface area (Å²) in [7, 11) is 4.19. The predicted octanol–water partition coefficient (Wildman–Crippen LogP) is 3.66. The van der Waals surface area contributed by atoms with Gasteiger partial charge < -0.3 is 14.7 Å². The lowest BCUT2D eigenvalue weighted by Gasteiger charge is -2.33. The van der Waals surface area contributed by atoms with Gasteiger partial charge in [0, 0.05) is 50.5 Å². The number of piperazine rings is 1. The Morgan fingerprint density at radius 2 is 1.44 bits per heavy atom. The van der Waals surface area contributed by atoms with Crippen LogP contribution in [0.5, 0.6) is 0 Å². The van der Waals surface area contributed by atoms with Crippen LogP contribution >= 0.6 is 0 Å². The summed E-state index contributed by atoms with van der Waals surface area (Å²) in [6.45, 7) is 4.07. The molecular weight excluding hydrogens is 334 g/mol. The Bertz CT molecular complexity index is 874. The molecule has 0 N–H and O–H groups in total. The van der Waals surface area contributed by atoms with Gasteiger partial charge >= 0.3 is 0 Å². The largest absolute Gasteiger partial charge is 0.354 e. The quantitative estimate of drug-likeness (QED) is 0.710. The highest BCUT2D eigenvalue weighted by atomic mass is 15.3. The van der Waals surface area contributed by atoms with E-state index in [0.717, 1.165) is 54.9 Å². The molecule has 2 aromatic carbocycles. The average molecular weight is 359 g/mol. The number of rotatable bonds is 4. The van der Waals surface area contributed by atoms with Crippen molar-refractivity contribution in [2.45, 2.75) is 0 Å². The van der Waals surface area contributed by atoms with Crippen LogP contribution in [0.3, 0.4) is 0 Å². The molecule has 0 spiro atoms. The van der Waals surface area contributed by atoms with E-state index in [0.29, 0.717) is 0 Å². The van der Waals surface area contributed by atoms with Gasteiger partial charge in [-0.1, -0.05) is 48.5 Å². The van der Waals surface area contributed by atoms with E-state index in [9.17, 15) is 0 Å². The fraction of sp³-hybridized carbons (Fsp3) is 0.273. The molecule has 1 aromatic heterocycles. The van der Waals surface area contributed by atoms with Gasteiger partial charge in [0.15, 0.2) is 0 Å². The van der Waals surface area contributed by atoms with Gasteiger partial charge in [-0.15, -0.1) is 0 Å². The van der Waals surface area contributed by atoms with Crippen molar-refractivity contribution >= 4 is 17.5 Å². The molecule has 0 amide bonds. The van der Waals surface area contributed by atoms with Gasteiger partial charge in [-0.05, 0) is 19.2 Å². The molecule has 0 bridgehead atoms. The van der Waals surface area contributed by atoms with Crippen molar-refractivity contribution < 1.29 is 0 Å². The monoisotopic (exact) mass is 359 g/mol. The molecule has 2 heterocycles. The molecule has 1 saturated heterocycles. The summed E-state index contributed by atoms with van der Waals surface area (Å²) in [5.74, 6) is 1.71. The fourth-order valence-electron chi connectivity index (χ4n) is 3.29. The maximum absolute atomic E-state index is 4.91. The molecule has 5 nitrogen and oxygen atoms in total. The van der Waals surface area contributed by atoms with Crippen molar-refractivity contribution in [3.63, 3.8) is 0 Å². The van der Waals surface area contributed by atoms with Crippen LogP contribution in [0, 0.1) is 0 Å². The molecule has 27 heavy (non-hydrogen) atoms. The Hall–Kier alpha value is -2.92. The molecule has 3 aromatic rings. The van der Waals surface area contributed by atoms with Gasteiger partial charge in [-0.3, -0.25) is 0 Å². The lowest BCUT2D eigenvalue weighted by atomic mass is 10.1. The molecule has 1 aliphatic heterocycles. The fourth-order valence-corrected chi connectivity index (χ4v) is 3.29. The number of hydrogen-bond acceptors (Lipinski definition) is 5. The lowest BCUT2D eigenvalue weighted by Crippen LogP contribution is -2.45. The van der Waals surface area contributed by atoms with Crippen LogP contribution in [0.15, 0.2) is 66.7 Å². The van der Waals surface area contributed by atoms with E-state index in [-0.39, 0.29) is 0 Å². The van der Waals surface area contributed by atoms with Gasteiger partial charge in [0.05, 0.1) is 5.69 Å². The number of benzene rings is 2. The summed E-state index contributed by atoms with van der Waals surface area (Å²) in [6, 6.07) is 22.7. The zero-order chi connectivity index (χ0) is 18.6. The van der Waals surface area contributed by atoms with Crippen LogP contribution < -0.4 is 9.80 Å². The Labute approximate surface area is 160 Å². The van der Waals surface area contributed by atoms with E-state index in [1.54, 1.807) is 0 Å². The minimum absolute atomic E-state index is 0.719. The second-order valence-electron chi connectivity index (χ2n) is 6.96. The Kier molecular flexibility index (Phi) is 5.03. The van der Waals surface area contributed by atoms with Gasteiger partial charge in [0.1, 0.15) is 5.82 Å². The number of likely N-dealkylation sites (N-methyl/N-ethyl adjacent to an activating group) is 1. The first kappa shape index (κ1) is 17.5. The number of para-hydroxylation sites is 1. The molecule has 0 aliphatic carbocycles. The summed E-state index contributed by atoms with van der Waals surface area (Å²) < 4.78 is 0. The number of aromatic nitrogens is 2. The van der Waals surface area contributed by atoms with Crippen molar-refractivity contribution in [1.82, 2.24) is 14.9 Å². The number of hydrogen-bond donors (Lipinski definition) is 0. The third-order valence-electron chi connectivity index (χ3n) is 5.04. The van der Waals surface area contributed by atoms with Crippen LogP contribution in [0.4, 0.5) is 17.5 Å².